The number of phenols is 1. The molecule has 3 aromatic heterocycles. The van der Waals surface area contributed by atoms with Crippen LogP contribution < -0.4 is 16.2 Å². The number of H-pyrrole nitrogens is 1. The molecule has 2 aromatic carbocycles. The van der Waals surface area contributed by atoms with Crippen LogP contribution in [0, 0.1) is 0 Å². The summed E-state index contributed by atoms with van der Waals surface area (Å²) in [6.45, 7) is 12.5. The molecule has 1 amide bonds. The van der Waals surface area contributed by atoms with Crippen LogP contribution in [0.15, 0.2) is 82.3 Å². The molecule has 11 nitrogen and oxygen atoms in total. The Morgan fingerprint density at radius 2 is 1.68 bits per heavy atom. The van der Waals surface area contributed by atoms with Gasteiger partial charge in [0.2, 0.25) is 17.1 Å². The molecular formula is C44H55ClN4O7S2Si. The monoisotopic (exact) mass is 878 g/mol. The van der Waals surface area contributed by atoms with Crippen LogP contribution in [0.25, 0.3) is 10.9 Å². The maximum atomic E-state index is 13.4. The zero-order valence-corrected chi connectivity index (χ0v) is 37.9. The lowest BCUT2D eigenvalue weighted by Gasteiger charge is -2.39. The number of ether oxygens (including phenoxy) is 1. The normalized spacial score (nSPS) is 17.0. The molecule has 3 heterocycles. The number of carbonyl (C=O) groups excluding carboxylic acids is 2. The van der Waals surface area contributed by atoms with Crippen LogP contribution in [-0.4, -0.2) is 72.6 Å². The number of phenolic OH excluding ortho intramolecular Hbond substituents is 1. The molecule has 5 aromatic rings. The molecule has 0 radical (unpaired) electrons. The number of aromatic amines is 1. The van der Waals surface area contributed by atoms with Crippen molar-refractivity contribution in [2.45, 2.75) is 101 Å². The predicted octanol–water partition coefficient (Wildman–Crippen LogP) is 8.91. The first-order valence-electron chi connectivity index (χ1n) is 20.0. The number of aromatic hydroxyl groups is 1. The molecule has 316 valence electrons. The van der Waals surface area contributed by atoms with E-state index >= 15 is 0 Å². The fourth-order valence-corrected chi connectivity index (χ4v) is 10.4. The SMILES string of the molecule is CN(CCC(=O)Nc1ccc(CNC[C@H](O[Si](C)(C)C(C)(C)C)c2ccc(O)c3[nH]c(=O)ccc23)cc1Cl)C1CCC(OC(=O)C(O)(c2cccs2)c2cccs2)CC1. The van der Waals surface area contributed by atoms with Gasteiger partial charge in [0.1, 0.15) is 11.9 Å². The number of thiophene rings is 2. The Labute approximate surface area is 359 Å². The van der Waals surface area contributed by atoms with E-state index in [1.807, 2.05) is 54.2 Å². The van der Waals surface area contributed by atoms with Gasteiger partial charge in [-0.2, -0.15) is 0 Å². The van der Waals surface area contributed by atoms with E-state index in [1.165, 1.54) is 28.7 Å². The molecule has 0 bridgehead atoms. The Hall–Kier alpha value is -3.86. The topological polar surface area (TPSA) is 153 Å². The van der Waals surface area contributed by atoms with E-state index in [2.05, 4.69) is 54.4 Å². The highest BCUT2D eigenvalue weighted by Crippen LogP contribution is 2.42. The first-order valence-corrected chi connectivity index (χ1v) is 25.0. The molecule has 1 aliphatic carbocycles. The fourth-order valence-electron chi connectivity index (χ4n) is 7.21. The molecule has 15 heteroatoms. The number of hydrogen-bond donors (Lipinski definition) is 5. The van der Waals surface area contributed by atoms with Crippen LogP contribution >= 0.6 is 34.3 Å². The van der Waals surface area contributed by atoms with Crippen molar-refractivity contribution in [2.75, 3.05) is 25.5 Å². The molecule has 1 saturated carbocycles. The summed E-state index contributed by atoms with van der Waals surface area (Å²) in [6, 6.07) is 19.6. The molecule has 59 heavy (non-hydrogen) atoms. The number of pyridine rings is 1. The molecule has 0 unspecified atom stereocenters. The van der Waals surface area contributed by atoms with Gasteiger partial charge in [0.05, 0.1) is 32.1 Å². The minimum atomic E-state index is -2.24. The Bertz CT molecular complexity index is 2230. The number of aromatic nitrogens is 1. The molecule has 0 spiro atoms. The Balaban J connectivity index is 0.985. The third-order valence-electron chi connectivity index (χ3n) is 11.7. The maximum absolute atomic E-state index is 13.4. The van der Waals surface area contributed by atoms with E-state index in [9.17, 15) is 24.6 Å². The van der Waals surface area contributed by atoms with Crippen molar-refractivity contribution in [3.63, 3.8) is 0 Å². The van der Waals surface area contributed by atoms with E-state index in [4.69, 9.17) is 20.8 Å². The molecule has 0 aliphatic heterocycles. The van der Waals surface area contributed by atoms with Crippen molar-refractivity contribution in [3.8, 4) is 5.75 Å². The maximum Gasteiger partial charge on any atom is 0.349 e. The largest absolute Gasteiger partial charge is 0.506 e. The minimum absolute atomic E-state index is 0.00425. The Kier molecular flexibility index (Phi) is 14.2. The highest BCUT2D eigenvalue weighted by atomic mass is 35.5. The number of rotatable bonds is 16. The van der Waals surface area contributed by atoms with E-state index in [0.717, 1.165) is 29.4 Å². The van der Waals surface area contributed by atoms with Gasteiger partial charge < -0.3 is 39.9 Å². The molecule has 1 atom stereocenters. The number of carbonyl (C=O) groups is 2. The van der Waals surface area contributed by atoms with Crippen LogP contribution in [-0.2, 0) is 30.9 Å². The van der Waals surface area contributed by atoms with E-state index in [1.54, 1.807) is 24.3 Å². The van der Waals surface area contributed by atoms with E-state index in [-0.39, 0.29) is 46.9 Å². The predicted molar refractivity (Wildman–Crippen MR) is 240 cm³/mol. The van der Waals surface area contributed by atoms with Gasteiger partial charge in [-0.3, -0.25) is 9.59 Å². The lowest BCUT2D eigenvalue weighted by atomic mass is 9.91. The number of nitrogens with zero attached hydrogens (tertiary/aromatic N) is 1. The van der Waals surface area contributed by atoms with Crippen molar-refractivity contribution >= 4 is 71.1 Å². The Morgan fingerprint density at radius 3 is 2.29 bits per heavy atom. The summed E-state index contributed by atoms with van der Waals surface area (Å²) in [5.41, 5.74) is 0.621. The highest BCUT2D eigenvalue weighted by molar-refractivity contribution is 7.12. The van der Waals surface area contributed by atoms with Crippen LogP contribution in [0.4, 0.5) is 5.69 Å². The number of hydrogen-bond acceptors (Lipinski definition) is 11. The second kappa shape index (κ2) is 18.8. The number of fused-ring (bicyclic) bond motifs is 1. The summed E-state index contributed by atoms with van der Waals surface area (Å²) in [5.74, 6) is -0.773. The third-order valence-corrected chi connectivity index (χ3v) is 18.5. The number of benzene rings is 2. The van der Waals surface area contributed by atoms with Crippen LogP contribution in [0.2, 0.25) is 23.2 Å². The summed E-state index contributed by atoms with van der Waals surface area (Å²) in [5, 5.41) is 33.4. The number of amides is 1. The van der Waals surface area contributed by atoms with Crippen LogP contribution in [0.1, 0.15) is 79.9 Å². The summed E-state index contributed by atoms with van der Waals surface area (Å²) in [6.07, 6.45) is 2.61. The number of aliphatic hydroxyl groups is 1. The van der Waals surface area contributed by atoms with Gasteiger partial charge in [0.15, 0.2) is 8.32 Å². The van der Waals surface area contributed by atoms with Crippen molar-refractivity contribution in [1.82, 2.24) is 15.2 Å². The summed E-state index contributed by atoms with van der Waals surface area (Å²) >= 11 is 9.34. The minimum Gasteiger partial charge on any atom is -0.506 e. The number of esters is 1. The second-order valence-electron chi connectivity index (χ2n) is 16.9. The fraction of sp³-hybridized carbons (Fsp3) is 0.432. The average Bonchev–Trinajstić information content (AvgIpc) is 3.94. The number of nitrogens with one attached hydrogen (secondary N) is 3. The van der Waals surface area contributed by atoms with Gasteiger partial charge in [-0.15, -0.1) is 22.7 Å². The molecule has 6 rings (SSSR count). The molecule has 1 aliphatic rings. The zero-order chi connectivity index (χ0) is 42.5. The van der Waals surface area contributed by atoms with Crippen LogP contribution in [0.5, 0.6) is 5.75 Å². The summed E-state index contributed by atoms with van der Waals surface area (Å²) < 4.78 is 12.8. The van der Waals surface area contributed by atoms with Gasteiger partial charge in [-0.1, -0.05) is 56.6 Å². The van der Waals surface area contributed by atoms with Gasteiger partial charge in [0, 0.05) is 43.5 Å². The van der Waals surface area contributed by atoms with E-state index in [0.29, 0.717) is 58.5 Å². The van der Waals surface area contributed by atoms with Gasteiger partial charge in [-0.05, 0) is 109 Å². The second-order valence-corrected chi connectivity index (χ2v) is 23.9. The molecule has 1 fully saturated rings. The van der Waals surface area contributed by atoms with Gasteiger partial charge >= 0.3 is 5.97 Å². The smallest absolute Gasteiger partial charge is 0.349 e. The molecule has 5 N–H and O–H groups in total. The Morgan fingerprint density at radius 1 is 1.00 bits per heavy atom. The lowest BCUT2D eigenvalue weighted by molar-refractivity contribution is -0.169. The van der Waals surface area contributed by atoms with Crippen molar-refractivity contribution < 1.29 is 29.0 Å². The van der Waals surface area contributed by atoms with Gasteiger partial charge in [0.25, 0.3) is 0 Å². The highest BCUT2D eigenvalue weighted by Gasteiger charge is 2.45. The van der Waals surface area contributed by atoms with Crippen molar-refractivity contribution in [2.24, 2.45) is 0 Å². The van der Waals surface area contributed by atoms with Crippen molar-refractivity contribution in [3.05, 3.63) is 114 Å². The van der Waals surface area contributed by atoms with Crippen LogP contribution in [0.3, 0.4) is 0 Å². The van der Waals surface area contributed by atoms with E-state index < -0.39 is 19.9 Å². The molecular weight excluding hydrogens is 824 g/mol. The summed E-state index contributed by atoms with van der Waals surface area (Å²) in [7, 11) is -0.228. The van der Waals surface area contributed by atoms with Gasteiger partial charge in [-0.25, -0.2) is 4.79 Å². The molecule has 0 saturated heterocycles. The first kappa shape index (κ1) is 44.7. The average molecular weight is 880 g/mol. The lowest BCUT2D eigenvalue weighted by Crippen LogP contribution is -2.43. The number of halogens is 1. The summed E-state index contributed by atoms with van der Waals surface area (Å²) in [4.78, 5) is 44.6. The zero-order valence-electron chi connectivity index (χ0n) is 34.5. The quantitative estimate of drug-likeness (QED) is 0.0483. The third kappa shape index (κ3) is 10.5. The number of anilines is 1. The van der Waals surface area contributed by atoms with Crippen molar-refractivity contribution in [1.29, 1.82) is 0 Å². The standard InChI is InChI=1S/C44H55ClN4O7S2Si/c1-43(2,3)59(5,6)56-36(31-16-19-35(50)41-32(31)17-20-39(51)48-41)27-46-26-28-11-18-34(33(45)25-28)47-40(52)21-22-49(4)29-12-14-30(15-13-29)55-42(53)44(54,37-9-7-23-57-37)38-10-8-24-58-38/h7-11,16-20,23-25,29-30,36,46,50,54H,12-15,21-22,26-27H2,1-6H3,(H,47,52)(H,48,51)/t29?,30?,36-/m0/s1. The first-order chi connectivity index (χ1) is 28.0.